The predicted octanol–water partition coefficient (Wildman–Crippen LogP) is 0.527. The Bertz CT molecular complexity index is 484. The van der Waals surface area contributed by atoms with Gasteiger partial charge < -0.3 is 20.2 Å². The van der Waals surface area contributed by atoms with Crippen LogP contribution in [0.1, 0.15) is 11.3 Å². The Morgan fingerprint density at radius 3 is 2.79 bits per heavy atom. The minimum Gasteiger partial charge on any atom is -0.465 e. The van der Waals surface area contributed by atoms with Crippen LogP contribution < -0.4 is 10.2 Å². The van der Waals surface area contributed by atoms with Crippen molar-refractivity contribution >= 4 is 11.9 Å². The van der Waals surface area contributed by atoms with Crippen molar-refractivity contribution in [1.29, 1.82) is 0 Å². The fourth-order valence-electron chi connectivity index (χ4n) is 2.63. The molecular formula is C13H18N4O2. The third-order valence-electron chi connectivity index (χ3n) is 3.78. The summed E-state index contributed by atoms with van der Waals surface area (Å²) >= 11 is 0. The van der Waals surface area contributed by atoms with Crippen LogP contribution in [-0.4, -0.2) is 53.8 Å². The zero-order valence-corrected chi connectivity index (χ0v) is 10.8. The van der Waals surface area contributed by atoms with Gasteiger partial charge in [-0.2, -0.15) is 0 Å². The van der Waals surface area contributed by atoms with Crippen molar-refractivity contribution in [2.24, 2.45) is 0 Å². The molecule has 1 aromatic rings. The Morgan fingerprint density at radius 1 is 1.26 bits per heavy atom. The molecule has 0 atom stereocenters. The van der Waals surface area contributed by atoms with E-state index < -0.39 is 6.09 Å². The number of carboxylic acid groups (broad SMARTS) is 1. The summed E-state index contributed by atoms with van der Waals surface area (Å²) < 4.78 is 0. The topological polar surface area (TPSA) is 68.7 Å². The molecule has 6 heteroatoms. The highest BCUT2D eigenvalue weighted by molar-refractivity contribution is 5.65. The van der Waals surface area contributed by atoms with E-state index >= 15 is 0 Å². The Hall–Kier alpha value is -1.82. The lowest BCUT2D eigenvalue weighted by Crippen LogP contribution is -2.48. The van der Waals surface area contributed by atoms with Gasteiger partial charge in [-0.15, -0.1) is 0 Å². The van der Waals surface area contributed by atoms with Gasteiger partial charge in [-0.05, 0) is 11.6 Å². The maximum atomic E-state index is 10.9. The normalized spacial score (nSPS) is 19.2. The first kappa shape index (κ1) is 12.2. The molecule has 2 N–H and O–H groups in total. The predicted molar refractivity (Wildman–Crippen MR) is 71.5 cm³/mol. The summed E-state index contributed by atoms with van der Waals surface area (Å²) in [5.41, 5.74) is 2.45. The summed E-state index contributed by atoms with van der Waals surface area (Å²) in [6.07, 6.45) is 0.141. The van der Waals surface area contributed by atoms with E-state index in [0.29, 0.717) is 13.1 Å². The molecule has 0 spiro atoms. The van der Waals surface area contributed by atoms with Gasteiger partial charge in [-0.3, -0.25) is 0 Å². The molecular weight excluding hydrogens is 244 g/mol. The standard InChI is InChI=1S/C13H18N4O2/c18-13(19)17-7-5-16(6-8-17)12-2-1-10-9-14-4-3-11(10)15-12/h1-2,14H,3-9H2,(H,18,19). The number of fused-ring (bicyclic) bond motifs is 1. The summed E-state index contributed by atoms with van der Waals surface area (Å²) in [6, 6.07) is 4.18. The zero-order chi connectivity index (χ0) is 13.2. The summed E-state index contributed by atoms with van der Waals surface area (Å²) in [5.74, 6) is 0.977. The molecule has 2 aliphatic heterocycles. The lowest BCUT2D eigenvalue weighted by atomic mass is 10.1. The average molecular weight is 262 g/mol. The van der Waals surface area contributed by atoms with E-state index in [9.17, 15) is 4.79 Å². The highest BCUT2D eigenvalue weighted by Gasteiger charge is 2.22. The first-order valence-corrected chi connectivity index (χ1v) is 6.66. The van der Waals surface area contributed by atoms with Crippen molar-refractivity contribution in [3.63, 3.8) is 0 Å². The van der Waals surface area contributed by atoms with E-state index in [1.807, 2.05) is 6.07 Å². The van der Waals surface area contributed by atoms with Crippen LogP contribution in [0.25, 0.3) is 0 Å². The minimum atomic E-state index is -0.830. The Labute approximate surface area is 112 Å². The van der Waals surface area contributed by atoms with Crippen molar-refractivity contribution in [3.05, 3.63) is 23.4 Å². The molecule has 0 radical (unpaired) electrons. The molecule has 19 heavy (non-hydrogen) atoms. The molecule has 0 aliphatic carbocycles. The second-order valence-corrected chi connectivity index (χ2v) is 4.96. The smallest absolute Gasteiger partial charge is 0.407 e. The average Bonchev–Trinajstić information content (AvgIpc) is 2.47. The molecule has 0 bridgehead atoms. The van der Waals surface area contributed by atoms with Crippen LogP contribution in [0, 0.1) is 0 Å². The second kappa shape index (κ2) is 5.05. The molecule has 2 aliphatic rings. The molecule has 102 valence electrons. The van der Waals surface area contributed by atoms with Crippen molar-refractivity contribution < 1.29 is 9.90 Å². The van der Waals surface area contributed by atoms with Crippen LogP contribution in [0.5, 0.6) is 0 Å². The lowest BCUT2D eigenvalue weighted by molar-refractivity contribution is 0.142. The number of nitrogens with zero attached hydrogens (tertiary/aromatic N) is 3. The van der Waals surface area contributed by atoms with Gasteiger partial charge in [0.05, 0.1) is 0 Å². The fraction of sp³-hybridized carbons (Fsp3) is 0.538. The number of nitrogens with one attached hydrogen (secondary N) is 1. The lowest BCUT2D eigenvalue weighted by Gasteiger charge is -2.34. The first-order valence-electron chi connectivity index (χ1n) is 6.66. The maximum Gasteiger partial charge on any atom is 0.407 e. The van der Waals surface area contributed by atoms with Crippen LogP contribution in [0.15, 0.2) is 12.1 Å². The molecule has 1 aromatic heterocycles. The summed E-state index contributed by atoms with van der Waals surface area (Å²) in [6.45, 7) is 4.42. The van der Waals surface area contributed by atoms with Crippen LogP contribution in [0.3, 0.4) is 0 Å². The van der Waals surface area contributed by atoms with E-state index in [0.717, 1.165) is 38.4 Å². The number of anilines is 1. The van der Waals surface area contributed by atoms with Gasteiger partial charge in [0.25, 0.3) is 0 Å². The van der Waals surface area contributed by atoms with E-state index in [1.165, 1.54) is 16.2 Å². The molecule has 3 heterocycles. The van der Waals surface area contributed by atoms with Gasteiger partial charge in [-0.25, -0.2) is 9.78 Å². The monoisotopic (exact) mass is 262 g/mol. The first-order chi connectivity index (χ1) is 9.24. The third-order valence-corrected chi connectivity index (χ3v) is 3.78. The Morgan fingerprint density at radius 2 is 2.05 bits per heavy atom. The van der Waals surface area contributed by atoms with Crippen LogP contribution in [-0.2, 0) is 13.0 Å². The number of rotatable bonds is 1. The molecule has 1 saturated heterocycles. The van der Waals surface area contributed by atoms with Crippen molar-refractivity contribution in [2.75, 3.05) is 37.6 Å². The van der Waals surface area contributed by atoms with E-state index in [-0.39, 0.29) is 0 Å². The van der Waals surface area contributed by atoms with Gasteiger partial charge in [0.1, 0.15) is 5.82 Å². The number of hydrogen-bond donors (Lipinski definition) is 2. The molecule has 1 amide bonds. The van der Waals surface area contributed by atoms with E-state index in [4.69, 9.17) is 10.1 Å². The number of hydrogen-bond acceptors (Lipinski definition) is 4. The zero-order valence-electron chi connectivity index (χ0n) is 10.8. The number of pyridine rings is 1. The highest BCUT2D eigenvalue weighted by atomic mass is 16.4. The third kappa shape index (κ3) is 2.49. The Balaban J connectivity index is 1.71. The number of carbonyl (C=O) groups is 1. The molecule has 0 aromatic carbocycles. The number of piperazine rings is 1. The van der Waals surface area contributed by atoms with Gasteiger partial charge in [0.2, 0.25) is 0 Å². The van der Waals surface area contributed by atoms with Crippen molar-refractivity contribution in [3.8, 4) is 0 Å². The Kier molecular flexibility index (Phi) is 3.25. The van der Waals surface area contributed by atoms with Crippen LogP contribution in [0.4, 0.5) is 10.6 Å². The molecule has 0 unspecified atom stereocenters. The SMILES string of the molecule is O=C(O)N1CCN(c2ccc3c(n2)CCNC3)CC1. The van der Waals surface area contributed by atoms with Crippen molar-refractivity contribution in [2.45, 2.75) is 13.0 Å². The fourth-order valence-corrected chi connectivity index (χ4v) is 2.63. The van der Waals surface area contributed by atoms with E-state index in [2.05, 4.69) is 16.3 Å². The quantitative estimate of drug-likeness (QED) is 0.772. The summed E-state index contributed by atoms with van der Waals surface area (Å²) in [7, 11) is 0. The van der Waals surface area contributed by atoms with Gasteiger partial charge in [0, 0.05) is 51.4 Å². The second-order valence-electron chi connectivity index (χ2n) is 4.96. The molecule has 1 fully saturated rings. The highest BCUT2D eigenvalue weighted by Crippen LogP contribution is 2.19. The minimum absolute atomic E-state index is 0.551. The number of amides is 1. The molecule has 3 rings (SSSR count). The summed E-state index contributed by atoms with van der Waals surface area (Å²) in [4.78, 5) is 19.2. The van der Waals surface area contributed by atoms with Crippen LogP contribution in [0.2, 0.25) is 0 Å². The van der Waals surface area contributed by atoms with Gasteiger partial charge in [0.15, 0.2) is 0 Å². The maximum absolute atomic E-state index is 10.9. The van der Waals surface area contributed by atoms with Gasteiger partial charge in [-0.1, -0.05) is 6.07 Å². The van der Waals surface area contributed by atoms with E-state index in [1.54, 1.807) is 0 Å². The van der Waals surface area contributed by atoms with Gasteiger partial charge >= 0.3 is 6.09 Å². The molecule has 6 nitrogen and oxygen atoms in total. The largest absolute Gasteiger partial charge is 0.465 e. The molecule has 0 saturated carbocycles. The summed E-state index contributed by atoms with van der Waals surface area (Å²) in [5, 5.41) is 12.3. The van der Waals surface area contributed by atoms with Crippen molar-refractivity contribution in [1.82, 2.24) is 15.2 Å². The van der Waals surface area contributed by atoms with Crippen LogP contribution >= 0.6 is 0 Å². The number of aromatic nitrogens is 1.